The van der Waals surface area contributed by atoms with Crippen molar-refractivity contribution in [2.75, 3.05) is 11.4 Å². The third kappa shape index (κ3) is 2.94. The molecule has 1 N–H and O–H groups in total. The summed E-state index contributed by atoms with van der Waals surface area (Å²) in [5, 5.41) is 0.719. The highest BCUT2D eigenvalue weighted by Gasteiger charge is 2.33. The van der Waals surface area contributed by atoms with Gasteiger partial charge in [0.2, 0.25) is 0 Å². The van der Waals surface area contributed by atoms with Gasteiger partial charge in [-0.3, -0.25) is 4.98 Å². The number of rotatable bonds is 3. The van der Waals surface area contributed by atoms with Gasteiger partial charge in [0.15, 0.2) is 5.82 Å². The van der Waals surface area contributed by atoms with E-state index in [2.05, 4.69) is 14.9 Å². The molecule has 1 aliphatic heterocycles. The lowest BCUT2D eigenvalue weighted by Crippen LogP contribution is -2.26. The van der Waals surface area contributed by atoms with Crippen LogP contribution in [0.15, 0.2) is 42.7 Å². The van der Waals surface area contributed by atoms with Crippen LogP contribution in [0.3, 0.4) is 0 Å². The molecule has 4 heterocycles. The summed E-state index contributed by atoms with van der Waals surface area (Å²) < 4.78 is 0. The summed E-state index contributed by atoms with van der Waals surface area (Å²) >= 11 is 6.17. The molecular formula is C23H21ClN6. The predicted molar refractivity (Wildman–Crippen MR) is 118 cm³/mol. The van der Waals surface area contributed by atoms with E-state index in [-0.39, 0.29) is 6.04 Å². The first-order valence-electron chi connectivity index (χ1n) is 10.5. The maximum Gasteiger partial charge on any atom is 0.161 e. The Labute approximate surface area is 179 Å². The molecule has 0 amide bonds. The number of hydrogen-bond acceptors (Lipinski definition) is 5. The van der Waals surface area contributed by atoms with Crippen LogP contribution >= 0.6 is 11.6 Å². The van der Waals surface area contributed by atoms with Crippen LogP contribution in [0.25, 0.3) is 22.4 Å². The van der Waals surface area contributed by atoms with E-state index in [4.69, 9.17) is 26.6 Å². The second-order valence-electron chi connectivity index (χ2n) is 8.02. The molecule has 6 rings (SSSR count). The minimum Gasteiger partial charge on any atom is -0.346 e. The number of H-pyrrole nitrogens is 1. The number of nitrogens with one attached hydrogen (secondary N) is 1. The molecule has 7 heteroatoms. The van der Waals surface area contributed by atoms with Gasteiger partial charge >= 0.3 is 0 Å². The Morgan fingerprint density at radius 1 is 1.00 bits per heavy atom. The molecule has 4 aromatic rings. The Morgan fingerprint density at radius 2 is 1.90 bits per heavy atom. The summed E-state index contributed by atoms with van der Waals surface area (Å²) in [7, 11) is 0. The minimum absolute atomic E-state index is 0.182. The second-order valence-corrected chi connectivity index (χ2v) is 8.46. The standard InChI is InChI=1S/C23H21ClN6/c24-15-6-7-18-19(13-15)28-22(27-18)20-5-2-12-30(20)23-16-3-1-4-17(16)26-21(29-23)14-8-10-25-11-9-14/h6-11,13,20H,1-5,12H2,(H,27,28). The van der Waals surface area contributed by atoms with E-state index in [1.807, 2.05) is 30.3 Å². The van der Waals surface area contributed by atoms with Crippen LogP contribution in [-0.4, -0.2) is 31.5 Å². The quantitative estimate of drug-likeness (QED) is 0.514. The van der Waals surface area contributed by atoms with Gasteiger partial charge in [0, 0.05) is 40.8 Å². The van der Waals surface area contributed by atoms with Crippen molar-refractivity contribution in [1.82, 2.24) is 24.9 Å². The molecule has 1 aromatic carbocycles. The number of anilines is 1. The summed E-state index contributed by atoms with van der Waals surface area (Å²) in [4.78, 5) is 24.9. The number of halogens is 1. The van der Waals surface area contributed by atoms with Gasteiger partial charge < -0.3 is 9.88 Å². The molecule has 1 atom stereocenters. The molecule has 1 fully saturated rings. The topological polar surface area (TPSA) is 70.6 Å². The number of aryl methyl sites for hydroxylation is 1. The Balaban J connectivity index is 1.45. The van der Waals surface area contributed by atoms with Crippen molar-refractivity contribution in [3.8, 4) is 11.4 Å². The zero-order chi connectivity index (χ0) is 20.1. The molecule has 0 saturated carbocycles. The Bertz CT molecular complexity index is 1240. The van der Waals surface area contributed by atoms with Crippen molar-refractivity contribution >= 4 is 28.5 Å². The lowest BCUT2D eigenvalue weighted by molar-refractivity contribution is 0.669. The zero-order valence-electron chi connectivity index (χ0n) is 16.5. The summed E-state index contributed by atoms with van der Waals surface area (Å²) in [6.07, 6.45) is 8.96. The van der Waals surface area contributed by atoms with Crippen LogP contribution in [0.4, 0.5) is 5.82 Å². The van der Waals surface area contributed by atoms with Gasteiger partial charge in [-0.1, -0.05) is 11.6 Å². The van der Waals surface area contributed by atoms with E-state index in [1.165, 1.54) is 11.3 Å². The van der Waals surface area contributed by atoms with E-state index in [1.54, 1.807) is 12.4 Å². The molecular weight excluding hydrogens is 396 g/mol. The van der Waals surface area contributed by atoms with Crippen LogP contribution < -0.4 is 4.90 Å². The zero-order valence-corrected chi connectivity index (χ0v) is 17.2. The van der Waals surface area contributed by atoms with Crippen LogP contribution in [0, 0.1) is 0 Å². The van der Waals surface area contributed by atoms with Crippen LogP contribution in [0.5, 0.6) is 0 Å². The first kappa shape index (κ1) is 17.8. The third-order valence-electron chi connectivity index (χ3n) is 6.15. The number of benzene rings is 1. The van der Waals surface area contributed by atoms with Gasteiger partial charge in [0.05, 0.1) is 17.1 Å². The second kappa shape index (κ2) is 7.06. The minimum atomic E-state index is 0.182. The number of fused-ring (bicyclic) bond motifs is 2. The highest BCUT2D eigenvalue weighted by Crippen LogP contribution is 2.40. The number of nitrogens with zero attached hydrogens (tertiary/aromatic N) is 5. The maximum absolute atomic E-state index is 6.17. The first-order chi connectivity index (χ1) is 14.8. The van der Waals surface area contributed by atoms with Gasteiger partial charge in [-0.05, 0) is 62.4 Å². The van der Waals surface area contributed by atoms with E-state index >= 15 is 0 Å². The molecule has 6 nitrogen and oxygen atoms in total. The molecule has 0 bridgehead atoms. The largest absolute Gasteiger partial charge is 0.346 e. The fourth-order valence-corrected chi connectivity index (χ4v) is 4.92. The lowest BCUT2D eigenvalue weighted by Gasteiger charge is -2.26. The molecule has 150 valence electrons. The average Bonchev–Trinajstić information content (AvgIpc) is 3.51. The average molecular weight is 417 g/mol. The van der Waals surface area contributed by atoms with Gasteiger partial charge in [-0.15, -0.1) is 0 Å². The molecule has 1 aliphatic carbocycles. The first-order valence-corrected chi connectivity index (χ1v) is 10.9. The van der Waals surface area contributed by atoms with Crippen LogP contribution in [0.1, 0.15) is 42.4 Å². The summed E-state index contributed by atoms with van der Waals surface area (Å²) in [5.74, 6) is 2.85. The molecule has 1 unspecified atom stereocenters. The number of imidazole rings is 1. The Hall–Kier alpha value is -2.99. The van der Waals surface area contributed by atoms with Crippen molar-refractivity contribution in [3.05, 3.63) is 64.8 Å². The molecule has 0 radical (unpaired) electrons. The number of aromatic amines is 1. The van der Waals surface area contributed by atoms with E-state index in [9.17, 15) is 0 Å². The maximum atomic E-state index is 6.17. The predicted octanol–water partition coefficient (Wildman–Crippen LogP) is 4.90. The van der Waals surface area contributed by atoms with Gasteiger partial charge in [0.1, 0.15) is 11.6 Å². The van der Waals surface area contributed by atoms with Crippen molar-refractivity contribution in [3.63, 3.8) is 0 Å². The molecule has 0 spiro atoms. The Morgan fingerprint density at radius 3 is 2.80 bits per heavy atom. The Kier molecular flexibility index (Phi) is 4.20. The van der Waals surface area contributed by atoms with Crippen LogP contribution in [0.2, 0.25) is 5.02 Å². The van der Waals surface area contributed by atoms with Crippen molar-refractivity contribution in [2.45, 2.75) is 38.1 Å². The summed E-state index contributed by atoms with van der Waals surface area (Å²) in [6, 6.07) is 9.94. The molecule has 3 aromatic heterocycles. The van der Waals surface area contributed by atoms with Crippen LogP contribution in [-0.2, 0) is 12.8 Å². The smallest absolute Gasteiger partial charge is 0.161 e. The van der Waals surface area contributed by atoms with Crippen molar-refractivity contribution in [1.29, 1.82) is 0 Å². The normalized spacial score (nSPS) is 18.3. The van der Waals surface area contributed by atoms with E-state index < -0.39 is 0 Å². The number of aromatic nitrogens is 5. The van der Waals surface area contributed by atoms with Gasteiger partial charge in [-0.25, -0.2) is 15.0 Å². The summed E-state index contributed by atoms with van der Waals surface area (Å²) in [6.45, 7) is 0.974. The molecule has 1 saturated heterocycles. The fourth-order valence-electron chi connectivity index (χ4n) is 4.74. The van der Waals surface area contributed by atoms with Crippen molar-refractivity contribution in [2.24, 2.45) is 0 Å². The highest BCUT2D eigenvalue weighted by atomic mass is 35.5. The van der Waals surface area contributed by atoms with Gasteiger partial charge in [0.25, 0.3) is 0 Å². The lowest BCUT2D eigenvalue weighted by atomic mass is 10.1. The van der Waals surface area contributed by atoms with Crippen molar-refractivity contribution < 1.29 is 0 Å². The van der Waals surface area contributed by atoms with E-state index in [0.29, 0.717) is 0 Å². The fraction of sp³-hybridized carbons (Fsp3) is 0.304. The summed E-state index contributed by atoms with van der Waals surface area (Å²) in [5.41, 5.74) is 5.43. The SMILES string of the molecule is Clc1ccc2nc(C3CCCN3c3nc(-c4ccncc4)nc4c3CCC4)[nH]c2c1. The van der Waals surface area contributed by atoms with E-state index in [0.717, 1.165) is 77.7 Å². The van der Waals surface area contributed by atoms with Gasteiger partial charge in [-0.2, -0.15) is 0 Å². The molecule has 30 heavy (non-hydrogen) atoms. The number of pyridine rings is 1. The highest BCUT2D eigenvalue weighted by molar-refractivity contribution is 6.31. The monoisotopic (exact) mass is 416 g/mol. The number of hydrogen-bond donors (Lipinski definition) is 1. The molecule has 2 aliphatic rings. The third-order valence-corrected chi connectivity index (χ3v) is 6.39.